The molecule has 0 aromatic heterocycles. The molecule has 0 spiro atoms. The van der Waals surface area contributed by atoms with Crippen LogP contribution in [0.5, 0.6) is 0 Å². The van der Waals surface area contributed by atoms with Gasteiger partial charge in [0.25, 0.3) is 0 Å². The summed E-state index contributed by atoms with van der Waals surface area (Å²) in [6.45, 7) is 4.40. The van der Waals surface area contributed by atoms with E-state index in [0.29, 0.717) is 6.04 Å². The van der Waals surface area contributed by atoms with Crippen molar-refractivity contribution in [3.8, 4) is 0 Å². The molecule has 1 heteroatoms. The smallest absolute Gasteiger partial charge is 0.0439 e. The SMILES string of the molecule is CCCC1=CNC(CC)C=C1. The molecule has 0 aromatic carbocycles. The van der Waals surface area contributed by atoms with Crippen molar-refractivity contribution >= 4 is 0 Å². The minimum atomic E-state index is 0.565. The highest BCUT2D eigenvalue weighted by Crippen LogP contribution is 2.10. The van der Waals surface area contributed by atoms with E-state index >= 15 is 0 Å². The lowest BCUT2D eigenvalue weighted by Gasteiger charge is -2.16. The summed E-state index contributed by atoms with van der Waals surface area (Å²) in [4.78, 5) is 0. The molecular formula is C10H17N. The third-order valence-corrected chi connectivity index (χ3v) is 2.00. The van der Waals surface area contributed by atoms with E-state index in [1.54, 1.807) is 0 Å². The highest BCUT2D eigenvalue weighted by molar-refractivity contribution is 5.23. The third-order valence-electron chi connectivity index (χ3n) is 2.00. The minimum Gasteiger partial charge on any atom is -0.384 e. The molecule has 1 aliphatic heterocycles. The molecule has 0 fully saturated rings. The third kappa shape index (κ3) is 2.41. The van der Waals surface area contributed by atoms with Gasteiger partial charge in [0.15, 0.2) is 0 Å². The Morgan fingerprint density at radius 2 is 2.27 bits per heavy atom. The summed E-state index contributed by atoms with van der Waals surface area (Å²) in [5.41, 5.74) is 1.43. The fraction of sp³-hybridized carbons (Fsp3) is 0.600. The van der Waals surface area contributed by atoms with Gasteiger partial charge in [-0.1, -0.05) is 32.4 Å². The van der Waals surface area contributed by atoms with E-state index < -0.39 is 0 Å². The molecule has 1 rings (SSSR count). The van der Waals surface area contributed by atoms with Crippen LogP contribution in [-0.4, -0.2) is 6.04 Å². The van der Waals surface area contributed by atoms with Gasteiger partial charge in [0.2, 0.25) is 0 Å². The summed E-state index contributed by atoms with van der Waals surface area (Å²) in [5.74, 6) is 0. The number of hydrogen-bond acceptors (Lipinski definition) is 1. The molecular weight excluding hydrogens is 134 g/mol. The maximum Gasteiger partial charge on any atom is 0.0439 e. The van der Waals surface area contributed by atoms with Crippen molar-refractivity contribution in [1.82, 2.24) is 5.32 Å². The molecule has 0 radical (unpaired) electrons. The Balaban J connectivity index is 2.39. The van der Waals surface area contributed by atoms with Crippen LogP contribution in [0.1, 0.15) is 33.1 Å². The quantitative estimate of drug-likeness (QED) is 0.653. The van der Waals surface area contributed by atoms with Crippen LogP contribution >= 0.6 is 0 Å². The second-order valence-corrected chi connectivity index (χ2v) is 3.01. The monoisotopic (exact) mass is 151 g/mol. The minimum absolute atomic E-state index is 0.565. The number of hydrogen-bond donors (Lipinski definition) is 1. The van der Waals surface area contributed by atoms with Crippen molar-refractivity contribution in [2.24, 2.45) is 0 Å². The second kappa shape index (κ2) is 4.22. The predicted octanol–water partition coefficient (Wildman–Crippen LogP) is 2.61. The largest absolute Gasteiger partial charge is 0.384 e. The second-order valence-electron chi connectivity index (χ2n) is 3.01. The van der Waals surface area contributed by atoms with Gasteiger partial charge in [-0.2, -0.15) is 0 Å². The Bertz CT molecular complexity index is 168. The molecule has 11 heavy (non-hydrogen) atoms. The fourth-order valence-electron chi connectivity index (χ4n) is 1.26. The van der Waals surface area contributed by atoms with Crippen molar-refractivity contribution in [1.29, 1.82) is 0 Å². The van der Waals surface area contributed by atoms with Gasteiger partial charge in [-0.05, 0) is 18.4 Å². The lowest BCUT2D eigenvalue weighted by atomic mass is 10.1. The maximum atomic E-state index is 3.35. The molecule has 1 unspecified atom stereocenters. The Labute approximate surface area is 69.2 Å². The molecule has 1 heterocycles. The molecule has 0 saturated carbocycles. The van der Waals surface area contributed by atoms with Crippen LogP contribution in [0.4, 0.5) is 0 Å². The predicted molar refractivity (Wildman–Crippen MR) is 49.3 cm³/mol. The zero-order valence-corrected chi connectivity index (χ0v) is 7.43. The average Bonchev–Trinajstić information content (AvgIpc) is 2.07. The van der Waals surface area contributed by atoms with Gasteiger partial charge in [0.05, 0.1) is 0 Å². The summed E-state index contributed by atoms with van der Waals surface area (Å²) in [5, 5.41) is 3.35. The summed E-state index contributed by atoms with van der Waals surface area (Å²) in [6.07, 6.45) is 10.2. The van der Waals surface area contributed by atoms with Crippen LogP contribution in [0.25, 0.3) is 0 Å². The zero-order chi connectivity index (χ0) is 8.10. The van der Waals surface area contributed by atoms with Gasteiger partial charge in [-0.3, -0.25) is 0 Å². The van der Waals surface area contributed by atoms with Crippen LogP contribution in [0, 0.1) is 0 Å². The highest BCUT2D eigenvalue weighted by Gasteiger charge is 2.03. The highest BCUT2D eigenvalue weighted by atomic mass is 14.9. The van der Waals surface area contributed by atoms with Gasteiger partial charge in [0, 0.05) is 12.2 Å². The maximum absolute atomic E-state index is 3.35. The molecule has 1 N–H and O–H groups in total. The molecule has 1 atom stereocenters. The first-order chi connectivity index (χ1) is 5.36. The molecule has 0 aliphatic carbocycles. The number of rotatable bonds is 3. The summed E-state index contributed by atoms with van der Waals surface area (Å²) in [7, 11) is 0. The van der Waals surface area contributed by atoms with E-state index in [-0.39, 0.29) is 0 Å². The van der Waals surface area contributed by atoms with Crippen LogP contribution in [-0.2, 0) is 0 Å². The molecule has 0 aromatic rings. The van der Waals surface area contributed by atoms with Gasteiger partial charge < -0.3 is 5.32 Å². The fourth-order valence-corrected chi connectivity index (χ4v) is 1.26. The molecule has 0 bridgehead atoms. The number of allylic oxidation sites excluding steroid dienone is 2. The average molecular weight is 151 g/mol. The summed E-state index contributed by atoms with van der Waals surface area (Å²) >= 11 is 0. The first-order valence-electron chi connectivity index (χ1n) is 4.50. The van der Waals surface area contributed by atoms with Crippen molar-refractivity contribution in [3.05, 3.63) is 23.9 Å². The molecule has 62 valence electrons. The Hall–Kier alpha value is -0.720. The first kappa shape index (κ1) is 8.38. The van der Waals surface area contributed by atoms with Gasteiger partial charge >= 0.3 is 0 Å². The lowest BCUT2D eigenvalue weighted by Crippen LogP contribution is -2.23. The van der Waals surface area contributed by atoms with Crippen LogP contribution in [0.2, 0.25) is 0 Å². The number of nitrogens with one attached hydrogen (secondary N) is 1. The van der Waals surface area contributed by atoms with E-state index in [1.807, 2.05) is 0 Å². The Kier molecular flexibility index (Phi) is 3.21. The van der Waals surface area contributed by atoms with Crippen molar-refractivity contribution in [3.63, 3.8) is 0 Å². The normalized spacial score (nSPS) is 22.7. The zero-order valence-electron chi connectivity index (χ0n) is 7.43. The van der Waals surface area contributed by atoms with Crippen molar-refractivity contribution < 1.29 is 0 Å². The summed E-state index contributed by atoms with van der Waals surface area (Å²) in [6, 6.07) is 0.565. The van der Waals surface area contributed by atoms with E-state index in [2.05, 4.69) is 37.5 Å². The van der Waals surface area contributed by atoms with Crippen molar-refractivity contribution in [2.45, 2.75) is 39.2 Å². The van der Waals surface area contributed by atoms with Gasteiger partial charge in [0.1, 0.15) is 0 Å². The van der Waals surface area contributed by atoms with Crippen LogP contribution in [0.3, 0.4) is 0 Å². The molecule has 1 nitrogen and oxygen atoms in total. The van der Waals surface area contributed by atoms with Crippen molar-refractivity contribution in [2.75, 3.05) is 0 Å². The van der Waals surface area contributed by atoms with Gasteiger partial charge in [-0.15, -0.1) is 0 Å². The standard InChI is InChI=1S/C10H17N/c1-3-5-9-6-7-10(4-2)11-8-9/h6-8,10-11H,3-5H2,1-2H3. The van der Waals surface area contributed by atoms with E-state index in [9.17, 15) is 0 Å². The number of dihydropyridines is 1. The first-order valence-corrected chi connectivity index (χ1v) is 4.50. The van der Waals surface area contributed by atoms with E-state index in [4.69, 9.17) is 0 Å². The van der Waals surface area contributed by atoms with Crippen LogP contribution < -0.4 is 5.32 Å². The molecule has 0 amide bonds. The summed E-state index contributed by atoms with van der Waals surface area (Å²) < 4.78 is 0. The Morgan fingerprint density at radius 3 is 2.73 bits per heavy atom. The van der Waals surface area contributed by atoms with Gasteiger partial charge in [-0.25, -0.2) is 0 Å². The topological polar surface area (TPSA) is 12.0 Å². The Morgan fingerprint density at radius 1 is 1.45 bits per heavy atom. The lowest BCUT2D eigenvalue weighted by molar-refractivity contribution is 0.660. The van der Waals surface area contributed by atoms with E-state index in [0.717, 1.165) is 0 Å². The molecule has 1 aliphatic rings. The van der Waals surface area contributed by atoms with Crippen LogP contribution in [0.15, 0.2) is 23.9 Å². The molecule has 0 saturated heterocycles. The van der Waals surface area contributed by atoms with E-state index in [1.165, 1.54) is 24.8 Å².